The maximum atomic E-state index is 5.67. The first-order valence-electron chi connectivity index (χ1n) is 6.55. The van der Waals surface area contributed by atoms with Crippen molar-refractivity contribution in [3.8, 4) is 5.75 Å². The summed E-state index contributed by atoms with van der Waals surface area (Å²) in [4.78, 5) is 0. The zero-order valence-corrected chi connectivity index (χ0v) is 13.1. The van der Waals surface area contributed by atoms with Gasteiger partial charge in [-0.2, -0.15) is 0 Å². The van der Waals surface area contributed by atoms with Crippen LogP contribution in [0.15, 0.2) is 53.0 Å². The molecule has 0 aliphatic rings. The molecule has 0 amide bonds. The van der Waals surface area contributed by atoms with Crippen molar-refractivity contribution >= 4 is 15.9 Å². The van der Waals surface area contributed by atoms with Crippen molar-refractivity contribution in [2.24, 2.45) is 5.84 Å². The number of nitrogens with two attached hydrogens (primary N) is 1. The molecular weight excluding hydrogens is 316 g/mol. The average Bonchev–Trinajstić information content (AvgIpc) is 2.49. The lowest BCUT2D eigenvalue weighted by atomic mass is 9.99. The van der Waals surface area contributed by atoms with Crippen LogP contribution >= 0.6 is 15.9 Å². The maximum absolute atomic E-state index is 5.67. The largest absolute Gasteiger partial charge is 0.497 e. The van der Waals surface area contributed by atoms with Crippen molar-refractivity contribution < 1.29 is 4.74 Å². The quantitative estimate of drug-likeness (QED) is 0.630. The number of hydrogen-bond donors (Lipinski definition) is 2. The lowest BCUT2D eigenvalue weighted by Crippen LogP contribution is -2.38. The molecule has 0 saturated carbocycles. The molecule has 2 rings (SSSR count). The van der Waals surface area contributed by atoms with Crippen LogP contribution in [-0.4, -0.2) is 13.2 Å². The molecule has 20 heavy (non-hydrogen) atoms. The van der Waals surface area contributed by atoms with E-state index in [1.54, 1.807) is 7.11 Å². The Kier molecular flexibility index (Phi) is 5.59. The van der Waals surface area contributed by atoms with Crippen LogP contribution in [-0.2, 0) is 12.8 Å². The molecule has 4 heteroatoms. The fourth-order valence-corrected chi connectivity index (χ4v) is 2.41. The Labute approximate surface area is 128 Å². The summed E-state index contributed by atoms with van der Waals surface area (Å²) in [5.41, 5.74) is 5.41. The van der Waals surface area contributed by atoms with Crippen LogP contribution in [0.1, 0.15) is 11.1 Å². The highest BCUT2D eigenvalue weighted by Gasteiger charge is 2.09. The third kappa shape index (κ3) is 4.34. The van der Waals surface area contributed by atoms with Gasteiger partial charge in [-0.3, -0.25) is 11.3 Å². The van der Waals surface area contributed by atoms with Gasteiger partial charge >= 0.3 is 0 Å². The lowest BCUT2D eigenvalue weighted by Gasteiger charge is -2.16. The SMILES string of the molecule is COc1ccc(CC(Cc2ccc(Br)cc2)NN)cc1. The molecule has 0 aromatic heterocycles. The zero-order valence-electron chi connectivity index (χ0n) is 11.5. The van der Waals surface area contributed by atoms with E-state index in [9.17, 15) is 0 Å². The van der Waals surface area contributed by atoms with Gasteiger partial charge in [-0.05, 0) is 48.2 Å². The van der Waals surface area contributed by atoms with Crippen LogP contribution in [0.3, 0.4) is 0 Å². The number of halogens is 1. The van der Waals surface area contributed by atoms with E-state index in [0.717, 1.165) is 23.1 Å². The highest BCUT2D eigenvalue weighted by molar-refractivity contribution is 9.10. The molecule has 1 unspecified atom stereocenters. The van der Waals surface area contributed by atoms with Gasteiger partial charge in [0.15, 0.2) is 0 Å². The number of rotatable bonds is 6. The molecule has 0 aliphatic heterocycles. The van der Waals surface area contributed by atoms with E-state index >= 15 is 0 Å². The Morgan fingerprint density at radius 1 is 1.00 bits per heavy atom. The van der Waals surface area contributed by atoms with Gasteiger partial charge in [0, 0.05) is 10.5 Å². The van der Waals surface area contributed by atoms with Crippen molar-refractivity contribution in [1.29, 1.82) is 0 Å². The van der Waals surface area contributed by atoms with E-state index in [-0.39, 0.29) is 6.04 Å². The van der Waals surface area contributed by atoms with Crippen molar-refractivity contribution in [2.45, 2.75) is 18.9 Å². The first-order chi connectivity index (χ1) is 9.71. The Morgan fingerprint density at radius 3 is 1.95 bits per heavy atom. The molecule has 3 N–H and O–H groups in total. The minimum Gasteiger partial charge on any atom is -0.497 e. The molecule has 0 spiro atoms. The summed E-state index contributed by atoms with van der Waals surface area (Å²) in [6.07, 6.45) is 1.78. The van der Waals surface area contributed by atoms with Crippen LogP contribution in [0.4, 0.5) is 0 Å². The van der Waals surface area contributed by atoms with E-state index in [4.69, 9.17) is 10.6 Å². The topological polar surface area (TPSA) is 47.3 Å². The Hall–Kier alpha value is -1.36. The van der Waals surface area contributed by atoms with Gasteiger partial charge < -0.3 is 4.74 Å². The van der Waals surface area contributed by atoms with E-state index in [1.807, 2.05) is 12.1 Å². The molecule has 0 aliphatic carbocycles. The summed E-state index contributed by atoms with van der Waals surface area (Å²) in [5.74, 6) is 6.54. The fraction of sp³-hybridized carbons (Fsp3) is 0.250. The normalized spacial score (nSPS) is 12.2. The van der Waals surface area contributed by atoms with Gasteiger partial charge in [0.25, 0.3) is 0 Å². The predicted octanol–water partition coefficient (Wildman–Crippen LogP) is 3.07. The second kappa shape index (κ2) is 7.43. The number of ether oxygens (including phenoxy) is 1. The lowest BCUT2D eigenvalue weighted by molar-refractivity contribution is 0.414. The molecule has 0 radical (unpaired) electrons. The number of benzene rings is 2. The maximum Gasteiger partial charge on any atom is 0.118 e. The minimum absolute atomic E-state index is 0.213. The summed E-state index contributed by atoms with van der Waals surface area (Å²) in [6.45, 7) is 0. The standard InChI is InChI=1S/C16H19BrN2O/c1-20-16-8-4-13(5-9-16)11-15(19-18)10-12-2-6-14(17)7-3-12/h2-9,15,19H,10-11,18H2,1H3. The molecule has 0 saturated heterocycles. The average molecular weight is 335 g/mol. The predicted molar refractivity (Wildman–Crippen MR) is 85.7 cm³/mol. The number of nitrogens with one attached hydrogen (secondary N) is 1. The van der Waals surface area contributed by atoms with Gasteiger partial charge in [-0.1, -0.05) is 40.2 Å². The second-order valence-corrected chi connectivity index (χ2v) is 5.66. The molecule has 2 aromatic carbocycles. The fourth-order valence-electron chi connectivity index (χ4n) is 2.14. The van der Waals surface area contributed by atoms with Crippen LogP contribution in [0.5, 0.6) is 5.75 Å². The van der Waals surface area contributed by atoms with Crippen LogP contribution in [0, 0.1) is 0 Å². The highest BCUT2D eigenvalue weighted by Crippen LogP contribution is 2.15. The highest BCUT2D eigenvalue weighted by atomic mass is 79.9. The van der Waals surface area contributed by atoms with Crippen LogP contribution < -0.4 is 16.0 Å². The third-order valence-corrected chi connectivity index (χ3v) is 3.80. The van der Waals surface area contributed by atoms with Crippen LogP contribution in [0.25, 0.3) is 0 Å². The molecule has 106 valence electrons. The van der Waals surface area contributed by atoms with Gasteiger partial charge in [0.05, 0.1) is 7.11 Å². The number of hydrogen-bond acceptors (Lipinski definition) is 3. The van der Waals surface area contributed by atoms with Crippen molar-refractivity contribution in [1.82, 2.24) is 5.43 Å². The summed E-state index contributed by atoms with van der Waals surface area (Å²) in [6, 6.07) is 16.6. The molecule has 2 aromatic rings. The summed E-state index contributed by atoms with van der Waals surface area (Å²) < 4.78 is 6.25. The first-order valence-corrected chi connectivity index (χ1v) is 7.34. The summed E-state index contributed by atoms with van der Waals surface area (Å²) >= 11 is 3.44. The van der Waals surface area contributed by atoms with Gasteiger partial charge in [0.2, 0.25) is 0 Å². The monoisotopic (exact) mass is 334 g/mol. The van der Waals surface area contributed by atoms with Crippen molar-refractivity contribution in [3.05, 3.63) is 64.1 Å². The van der Waals surface area contributed by atoms with E-state index in [2.05, 4.69) is 57.8 Å². The molecule has 0 fully saturated rings. The van der Waals surface area contributed by atoms with E-state index in [0.29, 0.717) is 0 Å². The first kappa shape index (κ1) is 15.0. The van der Waals surface area contributed by atoms with Crippen molar-refractivity contribution in [3.63, 3.8) is 0 Å². The molecule has 0 bridgehead atoms. The smallest absolute Gasteiger partial charge is 0.118 e. The Balaban J connectivity index is 1.99. The summed E-state index contributed by atoms with van der Waals surface area (Å²) in [5, 5.41) is 0. The van der Waals surface area contributed by atoms with Gasteiger partial charge in [0.1, 0.15) is 5.75 Å². The number of hydrazine groups is 1. The van der Waals surface area contributed by atoms with Gasteiger partial charge in [-0.15, -0.1) is 0 Å². The number of methoxy groups -OCH3 is 1. The molecule has 1 atom stereocenters. The van der Waals surface area contributed by atoms with Crippen molar-refractivity contribution in [2.75, 3.05) is 7.11 Å². The third-order valence-electron chi connectivity index (χ3n) is 3.27. The van der Waals surface area contributed by atoms with Crippen LogP contribution in [0.2, 0.25) is 0 Å². The summed E-state index contributed by atoms with van der Waals surface area (Å²) in [7, 11) is 1.67. The minimum atomic E-state index is 0.213. The molecule has 0 heterocycles. The molecular formula is C16H19BrN2O. The second-order valence-electron chi connectivity index (χ2n) is 4.75. The Morgan fingerprint density at radius 2 is 1.50 bits per heavy atom. The zero-order chi connectivity index (χ0) is 14.4. The molecule has 3 nitrogen and oxygen atoms in total. The Bertz CT molecular complexity index is 525. The van der Waals surface area contributed by atoms with E-state index < -0.39 is 0 Å². The van der Waals surface area contributed by atoms with E-state index in [1.165, 1.54) is 11.1 Å². The van der Waals surface area contributed by atoms with Gasteiger partial charge in [-0.25, -0.2) is 0 Å².